The zero-order valence-corrected chi connectivity index (χ0v) is 15.4. The molecule has 0 fully saturated rings. The minimum absolute atomic E-state index is 0.0681. The Morgan fingerprint density at radius 1 is 1.19 bits per heavy atom. The monoisotopic (exact) mass is 382 g/mol. The van der Waals surface area contributed by atoms with Crippen molar-refractivity contribution in [3.8, 4) is 16.6 Å². The fraction of sp³-hybridized carbons (Fsp3) is 0.111. The van der Waals surface area contributed by atoms with Gasteiger partial charge in [0, 0.05) is 22.7 Å². The van der Waals surface area contributed by atoms with Gasteiger partial charge < -0.3 is 5.32 Å². The number of aromatic nitrogens is 1. The van der Waals surface area contributed by atoms with Crippen molar-refractivity contribution in [2.45, 2.75) is 13.5 Å². The molecular formula is C18H14N4O2S2. The fourth-order valence-corrected chi connectivity index (χ4v) is 3.82. The predicted molar refractivity (Wildman–Crippen MR) is 102 cm³/mol. The number of thiophene rings is 1. The summed E-state index contributed by atoms with van der Waals surface area (Å²) >= 11 is 2.89. The number of hydrogen-bond donors (Lipinski definition) is 2. The van der Waals surface area contributed by atoms with E-state index in [9.17, 15) is 9.59 Å². The van der Waals surface area contributed by atoms with Crippen LogP contribution in [-0.4, -0.2) is 16.8 Å². The van der Waals surface area contributed by atoms with E-state index in [-0.39, 0.29) is 11.8 Å². The largest absolute Gasteiger partial charge is 0.351 e. The third-order valence-corrected chi connectivity index (χ3v) is 5.29. The normalized spacial score (nSPS) is 10.2. The number of hydrogen-bond acceptors (Lipinski definition) is 6. The van der Waals surface area contributed by atoms with Gasteiger partial charge in [0.25, 0.3) is 5.91 Å². The molecule has 2 heterocycles. The third-order valence-electron chi connectivity index (χ3n) is 3.43. The number of anilines is 1. The average molecular weight is 382 g/mol. The van der Waals surface area contributed by atoms with Gasteiger partial charge in [-0.15, -0.1) is 22.7 Å². The molecule has 1 aromatic carbocycles. The molecule has 130 valence electrons. The number of nitrogens with one attached hydrogen (secondary N) is 2. The SMILES string of the molecule is CC(=O)NCc1ccc(-c2csc(NC(=O)c3ccc(C#N)cc3)n2)s1. The highest BCUT2D eigenvalue weighted by Crippen LogP contribution is 2.31. The Hall–Kier alpha value is -3.02. The van der Waals surface area contributed by atoms with Gasteiger partial charge in [-0.25, -0.2) is 4.98 Å². The van der Waals surface area contributed by atoms with Crippen molar-refractivity contribution in [3.05, 3.63) is 57.8 Å². The van der Waals surface area contributed by atoms with E-state index < -0.39 is 0 Å². The maximum Gasteiger partial charge on any atom is 0.257 e. The topological polar surface area (TPSA) is 94.9 Å². The third kappa shape index (κ3) is 4.33. The van der Waals surface area contributed by atoms with Gasteiger partial charge >= 0.3 is 0 Å². The molecule has 0 aliphatic rings. The Morgan fingerprint density at radius 3 is 2.65 bits per heavy atom. The Labute approximate surface area is 158 Å². The Kier molecular flexibility index (Phi) is 5.41. The zero-order chi connectivity index (χ0) is 18.5. The Morgan fingerprint density at radius 2 is 1.96 bits per heavy atom. The number of rotatable bonds is 5. The van der Waals surface area contributed by atoms with Gasteiger partial charge in [0.15, 0.2) is 5.13 Å². The summed E-state index contributed by atoms with van der Waals surface area (Å²) in [4.78, 5) is 29.7. The molecule has 2 amide bonds. The highest BCUT2D eigenvalue weighted by Gasteiger charge is 2.11. The lowest BCUT2D eigenvalue weighted by atomic mass is 10.1. The number of nitrogens with zero attached hydrogens (tertiary/aromatic N) is 2. The van der Waals surface area contributed by atoms with Crippen molar-refractivity contribution in [2.75, 3.05) is 5.32 Å². The van der Waals surface area contributed by atoms with Gasteiger partial charge in [0.1, 0.15) is 0 Å². The highest BCUT2D eigenvalue weighted by atomic mass is 32.1. The summed E-state index contributed by atoms with van der Waals surface area (Å²) in [7, 11) is 0. The highest BCUT2D eigenvalue weighted by molar-refractivity contribution is 7.17. The van der Waals surface area contributed by atoms with Gasteiger partial charge in [0.2, 0.25) is 5.91 Å². The van der Waals surface area contributed by atoms with Crippen LogP contribution in [0.5, 0.6) is 0 Å². The van der Waals surface area contributed by atoms with Crippen LogP contribution in [0.2, 0.25) is 0 Å². The number of benzene rings is 1. The maximum atomic E-state index is 12.2. The van der Waals surface area contributed by atoms with Crippen molar-refractivity contribution in [1.82, 2.24) is 10.3 Å². The molecule has 0 bridgehead atoms. The van der Waals surface area contributed by atoms with Crippen molar-refractivity contribution < 1.29 is 9.59 Å². The van der Waals surface area contributed by atoms with E-state index in [1.165, 1.54) is 18.3 Å². The van der Waals surface area contributed by atoms with Crippen LogP contribution < -0.4 is 10.6 Å². The molecule has 6 nitrogen and oxygen atoms in total. The zero-order valence-electron chi connectivity index (χ0n) is 13.8. The Balaban J connectivity index is 1.66. The van der Waals surface area contributed by atoms with Gasteiger partial charge in [-0.2, -0.15) is 5.26 Å². The van der Waals surface area contributed by atoms with E-state index in [0.29, 0.717) is 22.8 Å². The first-order chi connectivity index (χ1) is 12.5. The van der Waals surface area contributed by atoms with Crippen LogP contribution in [0.3, 0.4) is 0 Å². The lowest BCUT2D eigenvalue weighted by Gasteiger charge is -2.01. The maximum absolute atomic E-state index is 12.2. The predicted octanol–water partition coefficient (Wildman–Crippen LogP) is 3.63. The second-order valence-corrected chi connectivity index (χ2v) is 7.38. The smallest absolute Gasteiger partial charge is 0.257 e. The lowest BCUT2D eigenvalue weighted by molar-refractivity contribution is -0.119. The van der Waals surface area contributed by atoms with E-state index >= 15 is 0 Å². The van der Waals surface area contributed by atoms with E-state index in [4.69, 9.17) is 5.26 Å². The van der Waals surface area contributed by atoms with E-state index in [0.717, 1.165) is 15.4 Å². The number of thiazole rings is 1. The average Bonchev–Trinajstić information content (AvgIpc) is 3.29. The summed E-state index contributed by atoms with van der Waals surface area (Å²) in [6.07, 6.45) is 0. The summed E-state index contributed by atoms with van der Waals surface area (Å²) in [5.41, 5.74) is 1.75. The fourth-order valence-electron chi connectivity index (χ4n) is 2.13. The van der Waals surface area contributed by atoms with Crippen molar-refractivity contribution in [2.24, 2.45) is 0 Å². The first-order valence-corrected chi connectivity index (χ1v) is 9.35. The van der Waals surface area contributed by atoms with Gasteiger partial charge in [-0.1, -0.05) is 0 Å². The van der Waals surface area contributed by atoms with Crippen LogP contribution in [0.4, 0.5) is 5.13 Å². The molecule has 3 rings (SSSR count). The van der Waals surface area contributed by atoms with Gasteiger partial charge in [0.05, 0.1) is 28.7 Å². The second kappa shape index (κ2) is 7.91. The Bertz CT molecular complexity index is 983. The standard InChI is InChI=1S/C18H14N4O2S2/c1-11(23)20-9-14-6-7-16(26-14)15-10-25-18(21-15)22-17(24)13-4-2-12(8-19)3-5-13/h2-7,10H,9H2,1H3,(H,20,23)(H,21,22,24). The van der Waals surface area contributed by atoms with Gasteiger partial charge in [-0.3, -0.25) is 14.9 Å². The molecule has 0 aliphatic heterocycles. The van der Waals surface area contributed by atoms with Crippen molar-refractivity contribution in [1.29, 1.82) is 5.26 Å². The summed E-state index contributed by atoms with van der Waals surface area (Å²) < 4.78 is 0. The molecule has 0 radical (unpaired) electrons. The second-order valence-electron chi connectivity index (χ2n) is 5.36. The number of nitriles is 1. The van der Waals surface area contributed by atoms with Crippen LogP contribution in [0.15, 0.2) is 41.8 Å². The molecule has 0 saturated heterocycles. The van der Waals surface area contributed by atoms with Crippen LogP contribution in [0.25, 0.3) is 10.6 Å². The van der Waals surface area contributed by atoms with Gasteiger partial charge in [-0.05, 0) is 36.4 Å². The molecule has 0 aliphatic carbocycles. The number of carbonyl (C=O) groups is 2. The molecule has 2 N–H and O–H groups in total. The number of carbonyl (C=O) groups excluding carboxylic acids is 2. The van der Waals surface area contributed by atoms with E-state index in [1.807, 2.05) is 23.6 Å². The summed E-state index contributed by atoms with van der Waals surface area (Å²) in [6.45, 7) is 1.98. The summed E-state index contributed by atoms with van der Waals surface area (Å²) in [5.74, 6) is -0.339. The van der Waals surface area contributed by atoms with E-state index in [1.54, 1.807) is 35.6 Å². The molecule has 26 heavy (non-hydrogen) atoms. The molecule has 3 aromatic rings. The first-order valence-electron chi connectivity index (χ1n) is 7.65. The first kappa shape index (κ1) is 17.8. The minimum Gasteiger partial charge on any atom is -0.351 e. The molecular weight excluding hydrogens is 368 g/mol. The molecule has 0 atom stereocenters. The van der Waals surface area contributed by atoms with Crippen molar-refractivity contribution in [3.63, 3.8) is 0 Å². The van der Waals surface area contributed by atoms with Crippen LogP contribution >= 0.6 is 22.7 Å². The van der Waals surface area contributed by atoms with Crippen LogP contribution in [-0.2, 0) is 11.3 Å². The molecule has 0 saturated carbocycles. The molecule has 0 unspecified atom stereocenters. The quantitative estimate of drug-likeness (QED) is 0.704. The van der Waals surface area contributed by atoms with E-state index in [2.05, 4.69) is 15.6 Å². The lowest BCUT2D eigenvalue weighted by Crippen LogP contribution is -2.17. The van der Waals surface area contributed by atoms with Crippen molar-refractivity contribution >= 4 is 39.6 Å². The number of amides is 2. The molecule has 0 spiro atoms. The van der Waals surface area contributed by atoms with Crippen LogP contribution in [0.1, 0.15) is 27.7 Å². The summed E-state index contributed by atoms with van der Waals surface area (Å²) in [5, 5.41) is 16.7. The molecule has 2 aromatic heterocycles. The minimum atomic E-state index is -0.270. The molecule has 8 heteroatoms. The van der Waals surface area contributed by atoms with Crippen LogP contribution in [0, 0.1) is 11.3 Å². The summed E-state index contributed by atoms with van der Waals surface area (Å²) in [6, 6.07) is 12.3.